The molecule has 4 heterocycles. The van der Waals surface area contributed by atoms with E-state index in [9.17, 15) is 0 Å². The van der Waals surface area contributed by atoms with Crippen molar-refractivity contribution >= 4 is 44.5 Å². The van der Waals surface area contributed by atoms with Gasteiger partial charge in [-0.2, -0.15) is 19.6 Å². The van der Waals surface area contributed by atoms with Gasteiger partial charge in [-0.15, -0.1) is 0 Å². The molecule has 0 aliphatic carbocycles. The van der Waals surface area contributed by atoms with Crippen LogP contribution in [0.3, 0.4) is 0 Å². The molecular formula is C20H24BrN9. The molecule has 1 aliphatic heterocycles. The molecule has 0 amide bonds. The summed E-state index contributed by atoms with van der Waals surface area (Å²) in [6.45, 7) is 4.78. The maximum atomic E-state index is 4.75. The number of aromatic amines is 1. The maximum absolute atomic E-state index is 4.75. The molecule has 4 aromatic rings. The predicted octanol–water partition coefficient (Wildman–Crippen LogP) is 2.91. The fraction of sp³-hybridized carbons (Fsp3) is 0.400. The molecule has 10 heteroatoms. The van der Waals surface area contributed by atoms with Gasteiger partial charge in [0.2, 0.25) is 11.9 Å². The molecule has 0 saturated carbocycles. The number of imidazole rings is 1. The summed E-state index contributed by atoms with van der Waals surface area (Å²) in [5, 5.41) is 7.78. The van der Waals surface area contributed by atoms with E-state index in [1.165, 1.54) is 25.9 Å². The number of anilines is 2. The van der Waals surface area contributed by atoms with Crippen LogP contribution in [0.4, 0.5) is 11.9 Å². The van der Waals surface area contributed by atoms with Gasteiger partial charge >= 0.3 is 0 Å². The first-order valence-electron chi connectivity index (χ1n) is 10.2. The van der Waals surface area contributed by atoms with Crippen molar-refractivity contribution in [3.05, 3.63) is 40.8 Å². The number of fused-ring (bicyclic) bond motifs is 2. The Morgan fingerprint density at radius 1 is 1.17 bits per heavy atom. The van der Waals surface area contributed by atoms with E-state index in [0.29, 0.717) is 18.4 Å². The van der Waals surface area contributed by atoms with Gasteiger partial charge in [0.25, 0.3) is 0 Å². The Bertz CT molecular complexity index is 1130. The zero-order valence-corrected chi connectivity index (χ0v) is 18.4. The lowest BCUT2D eigenvalue weighted by Gasteiger charge is -2.22. The van der Waals surface area contributed by atoms with E-state index < -0.39 is 0 Å². The van der Waals surface area contributed by atoms with Crippen LogP contribution < -0.4 is 10.2 Å². The van der Waals surface area contributed by atoms with E-state index in [0.717, 1.165) is 40.1 Å². The fourth-order valence-electron chi connectivity index (χ4n) is 3.77. The molecule has 0 bridgehead atoms. The minimum atomic E-state index is 0.509. The van der Waals surface area contributed by atoms with Crippen molar-refractivity contribution < 1.29 is 0 Å². The Kier molecular flexibility index (Phi) is 5.26. The number of likely N-dealkylation sites (N-methyl/N-ethyl adjacent to an activating group) is 1. The number of aromatic nitrogens is 6. The maximum Gasteiger partial charge on any atom is 0.230 e. The topological polar surface area (TPSA) is 90.3 Å². The lowest BCUT2D eigenvalue weighted by Crippen LogP contribution is -2.32. The summed E-state index contributed by atoms with van der Waals surface area (Å²) < 4.78 is 2.55. The van der Waals surface area contributed by atoms with E-state index in [1.807, 2.05) is 31.3 Å². The Hall–Kier alpha value is -2.72. The number of halogens is 1. The number of likely N-dealkylation sites (tertiary alicyclic amines) is 1. The van der Waals surface area contributed by atoms with Crippen molar-refractivity contribution in [2.75, 3.05) is 43.4 Å². The van der Waals surface area contributed by atoms with Crippen LogP contribution in [-0.4, -0.2) is 67.7 Å². The van der Waals surface area contributed by atoms with Gasteiger partial charge in [-0.1, -0.05) is 12.1 Å². The van der Waals surface area contributed by atoms with Gasteiger partial charge in [-0.05, 0) is 54.0 Å². The molecule has 156 valence electrons. The first kappa shape index (κ1) is 19.3. The number of H-pyrrole nitrogens is 1. The minimum absolute atomic E-state index is 0.509. The quantitative estimate of drug-likeness (QED) is 0.429. The first-order chi connectivity index (χ1) is 14.7. The normalized spacial score (nSPS) is 14.7. The lowest BCUT2D eigenvalue weighted by molar-refractivity contribution is 0.346. The standard InChI is InChI=1S/C20H24BrN9/c1-28(10-11-29-8-4-5-9-29)20-26-18-14(21)12-23-30(18)19(27-20)22-13-17-24-15-6-2-3-7-16(15)25-17/h2-3,6-7,12H,4-5,8-11,13H2,1H3,(H,24,25)(H,22,26,27). The summed E-state index contributed by atoms with van der Waals surface area (Å²) in [6.07, 6.45) is 4.33. The molecule has 3 aromatic heterocycles. The van der Waals surface area contributed by atoms with E-state index in [-0.39, 0.29) is 0 Å². The second-order valence-corrected chi connectivity index (χ2v) is 8.45. The largest absolute Gasteiger partial charge is 0.347 e. The number of hydrogen-bond acceptors (Lipinski definition) is 7. The van der Waals surface area contributed by atoms with Gasteiger partial charge in [0.1, 0.15) is 5.82 Å². The van der Waals surface area contributed by atoms with Crippen molar-refractivity contribution in [3.63, 3.8) is 0 Å². The van der Waals surface area contributed by atoms with Crippen LogP contribution >= 0.6 is 15.9 Å². The highest BCUT2D eigenvalue weighted by Crippen LogP contribution is 2.22. The van der Waals surface area contributed by atoms with Gasteiger partial charge in [0, 0.05) is 20.1 Å². The average Bonchev–Trinajstić information content (AvgIpc) is 3.50. The molecule has 1 saturated heterocycles. The number of hydrogen-bond donors (Lipinski definition) is 2. The molecule has 0 spiro atoms. The van der Waals surface area contributed by atoms with Crippen molar-refractivity contribution in [3.8, 4) is 0 Å². The molecule has 0 unspecified atom stereocenters. The number of para-hydroxylation sites is 2. The van der Waals surface area contributed by atoms with Crippen LogP contribution in [-0.2, 0) is 6.54 Å². The van der Waals surface area contributed by atoms with Gasteiger partial charge in [-0.25, -0.2) is 4.98 Å². The highest BCUT2D eigenvalue weighted by atomic mass is 79.9. The van der Waals surface area contributed by atoms with Crippen molar-refractivity contribution in [1.82, 2.24) is 34.4 Å². The molecule has 1 aliphatic rings. The second-order valence-electron chi connectivity index (χ2n) is 7.60. The van der Waals surface area contributed by atoms with E-state index in [2.05, 4.69) is 46.1 Å². The third kappa shape index (κ3) is 3.84. The average molecular weight is 470 g/mol. The summed E-state index contributed by atoms with van der Waals surface area (Å²) in [6, 6.07) is 8.00. The van der Waals surface area contributed by atoms with Crippen LogP contribution in [0.15, 0.2) is 34.9 Å². The molecule has 0 radical (unpaired) electrons. The Labute approximate surface area is 182 Å². The predicted molar refractivity (Wildman–Crippen MR) is 121 cm³/mol. The zero-order valence-electron chi connectivity index (χ0n) is 16.8. The van der Waals surface area contributed by atoms with Crippen molar-refractivity contribution in [2.45, 2.75) is 19.4 Å². The molecule has 0 atom stereocenters. The molecule has 1 aromatic carbocycles. The summed E-state index contributed by atoms with van der Waals surface area (Å²) in [4.78, 5) is 22.0. The number of rotatable bonds is 7. The second kappa shape index (κ2) is 8.19. The third-order valence-corrected chi connectivity index (χ3v) is 6.02. The van der Waals surface area contributed by atoms with Crippen molar-refractivity contribution in [2.24, 2.45) is 0 Å². The Morgan fingerprint density at radius 3 is 2.83 bits per heavy atom. The number of nitrogens with one attached hydrogen (secondary N) is 2. The van der Waals surface area contributed by atoms with Gasteiger partial charge in [-0.3, -0.25) is 0 Å². The van der Waals surface area contributed by atoms with Crippen LogP contribution in [0.1, 0.15) is 18.7 Å². The monoisotopic (exact) mass is 469 g/mol. The Balaban J connectivity index is 1.37. The lowest BCUT2D eigenvalue weighted by atomic mass is 10.3. The molecule has 2 N–H and O–H groups in total. The van der Waals surface area contributed by atoms with E-state index >= 15 is 0 Å². The van der Waals surface area contributed by atoms with E-state index in [1.54, 1.807) is 10.7 Å². The van der Waals surface area contributed by atoms with Crippen LogP contribution in [0.25, 0.3) is 16.7 Å². The van der Waals surface area contributed by atoms with Crippen LogP contribution in [0.5, 0.6) is 0 Å². The highest BCUT2D eigenvalue weighted by molar-refractivity contribution is 9.10. The molecular weight excluding hydrogens is 446 g/mol. The van der Waals surface area contributed by atoms with Gasteiger partial charge in [0.05, 0.1) is 28.2 Å². The minimum Gasteiger partial charge on any atom is -0.347 e. The van der Waals surface area contributed by atoms with Crippen LogP contribution in [0.2, 0.25) is 0 Å². The molecule has 9 nitrogen and oxygen atoms in total. The van der Waals surface area contributed by atoms with Gasteiger partial charge in [0.15, 0.2) is 5.65 Å². The molecule has 30 heavy (non-hydrogen) atoms. The smallest absolute Gasteiger partial charge is 0.230 e. The number of nitrogens with zero attached hydrogens (tertiary/aromatic N) is 7. The van der Waals surface area contributed by atoms with Gasteiger partial charge < -0.3 is 20.1 Å². The van der Waals surface area contributed by atoms with Crippen LogP contribution in [0, 0.1) is 0 Å². The van der Waals surface area contributed by atoms with E-state index in [4.69, 9.17) is 9.97 Å². The first-order valence-corrected chi connectivity index (χ1v) is 11.0. The summed E-state index contributed by atoms with van der Waals surface area (Å²) in [5.41, 5.74) is 2.71. The Morgan fingerprint density at radius 2 is 2.00 bits per heavy atom. The number of benzene rings is 1. The third-order valence-electron chi connectivity index (χ3n) is 5.46. The highest BCUT2D eigenvalue weighted by Gasteiger charge is 2.17. The zero-order chi connectivity index (χ0) is 20.5. The molecule has 5 rings (SSSR count). The summed E-state index contributed by atoms with van der Waals surface area (Å²) >= 11 is 3.55. The summed E-state index contributed by atoms with van der Waals surface area (Å²) in [5.74, 6) is 2.15. The molecule has 1 fully saturated rings. The SMILES string of the molecule is CN(CCN1CCCC1)c1nc(NCc2nc3ccccc3[nH]2)n2ncc(Br)c2n1. The fourth-order valence-corrected chi connectivity index (χ4v) is 4.12. The summed E-state index contributed by atoms with van der Waals surface area (Å²) in [7, 11) is 2.04. The van der Waals surface area contributed by atoms with Crippen molar-refractivity contribution in [1.29, 1.82) is 0 Å².